The summed E-state index contributed by atoms with van der Waals surface area (Å²) >= 11 is 0. The lowest BCUT2D eigenvalue weighted by Gasteiger charge is -2.35. The summed E-state index contributed by atoms with van der Waals surface area (Å²) in [5, 5.41) is 10.5. The van der Waals surface area contributed by atoms with Crippen molar-refractivity contribution in [3.05, 3.63) is 138 Å². The smallest absolute Gasteiger partial charge is 0.337 e. The summed E-state index contributed by atoms with van der Waals surface area (Å²) in [4.78, 5) is 15.6. The van der Waals surface area contributed by atoms with Crippen molar-refractivity contribution in [1.82, 2.24) is 0 Å². The lowest BCUT2D eigenvalue weighted by Crippen LogP contribution is -2.21. The quantitative estimate of drug-likeness (QED) is 0.0889. The van der Waals surface area contributed by atoms with E-state index in [0.717, 1.165) is 89.2 Å². The molecule has 2 saturated carbocycles. The predicted octanol–water partition coefficient (Wildman–Crippen LogP) is 10.7. The highest BCUT2D eigenvalue weighted by molar-refractivity contribution is 7.97. The Morgan fingerprint density at radius 3 is 1.94 bits per heavy atom. The molecule has 6 nitrogen and oxygen atoms in total. The van der Waals surface area contributed by atoms with Crippen LogP contribution >= 0.6 is 0 Å². The van der Waals surface area contributed by atoms with Crippen molar-refractivity contribution in [3.8, 4) is 16.9 Å². The maximum absolute atomic E-state index is 13.6. The molecule has 0 bridgehead atoms. The first-order valence-electron chi connectivity index (χ1n) is 18.2. The van der Waals surface area contributed by atoms with Crippen molar-refractivity contribution in [2.24, 2.45) is 0 Å². The third-order valence-electron chi connectivity index (χ3n) is 10.8. The van der Waals surface area contributed by atoms with Gasteiger partial charge in [-0.1, -0.05) is 80.6 Å². The molecule has 8 heteroatoms. The van der Waals surface area contributed by atoms with E-state index in [9.17, 15) is 22.9 Å². The van der Waals surface area contributed by atoms with Crippen LogP contribution in [-0.2, 0) is 25.7 Å². The van der Waals surface area contributed by atoms with E-state index in [0.29, 0.717) is 16.7 Å². The normalized spacial score (nSPS) is 18.8. The van der Waals surface area contributed by atoms with Crippen molar-refractivity contribution in [1.29, 1.82) is 0 Å². The van der Waals surface area contributed by atoms with Crippen LogP contribution in [0.4, 0.5) is 0 Å². The van der Waals surface area contributed by atoms with Gasteiger partial charge in [0.05, 0.1) is 23.6 Å². The Bertz CT molecular complexity index is 2140. The van der Waals surface area contributed by atoms with E-state index >= 15 is 0 Å². The number of phenolic OH excluding ortho intramolecular Hbond substituents is 1. The highest BCUT2D eigenvalue weighted by Gasteiger charge is 2.37. The van der Waals surface area contributed by atoms with Gasteiger partial charge in [-0.05, 0) is 132 Å². The van der Waals surface area contributed by atoms with Gasteiger partial charge >= 0.3 is 5.97 Å². The van der Waals surface area contributed by atoms with Gasteiger partial charge in [0.1, 0.15) is 10.6 Å². The molecule has 0 aromatic heterocycles. The lowest BCUT2D eigenvalue weighted by atomic mass is 9.71. The van der Waals surface area contributed by atoms with Gasteiger partial charge < -0.3 is 9.84 Å². The van der Waals surface area contributed by atoms with E-state index in [1.54, 1.807) is 18.2 Å². The van der Waals surface area contributed by atoms with Crippen molar-refractivity contribution in [2.75, 3.05) is 7.11 Å². The number of methoxy groups -OCH3 is 1. The first-order valence-corrected chi connectivity index (χ1v) is 20.9. The topological polar surface area (TPSA) is 101 Å². The molecule has 52 heavy (non-hydrogen) atoms. The molecule has 5 aromatic rings. The Hall–Kier alpha value is -4.37. The molecule has 0 spiro atoms. The fourth-order valence-corrected chi connectivity index (χ4v) is 11.6. The van der Waals surface area contributed by atoms with E-state index < -0.39 is 27.0 Å². The zero-order valence-corrected chi connectivity index (χ0v) is 31.0. The number of rotatable bonds is 9. The summed E-state index contributed by atoms with van der Waals surface area (Å²) < 4.78 is 43.1. The van der Waals surface area contributed by atoms with Crippen LogP contribution in [0.3, 0.4) is 0 Å². The third-order valence-corrected chi connectivity index (χ3v) is 14.0. The van der Waals surface area contributed by atoms with Gasteiger partial charge in [-0.25, -0.2) is 4.79 Å². The van der Waals surface area contributed by atoms with E-state index in [4.69, 9.17) is 4.74 Å². The maximum atomic E-state index is 13.6. The molecule has 5 aromatic carbocycles. The van der Waals surface area contributed by atoms with E-state index in [-0.39, 0.29) is 28.4 Å². The molecule has 268 valence electrons. The molecule has 2 N–H and O–H groups in total. The summed E-state index contributed by atoms with van der Waals surface area (Å²) in [5.74, 6) is -0.282. The first-order chi connectivity index (χ1) is 25.2. The van der Waals surface area contributed by atoms with E-state index in [1.807, 2.05) is 54.6 Å². The molecule has 0 amide bonds. The average molecular weight is 734 g/mol. The van der Waals surface area contributed by atoms with Crippen LogP contribution in [0, 0.1) is 0 Å². The maximum Gasteiger partial charge on any atom is 0.337 e. The van der Waals surface area contributed by atoms with Gasteiger partial charge in [-0.3, -0.25) is 4.55 Å². The minimum Gasteiger partial charge on any atom is -0.508 e. The Morgan fingerprint density at radius 1 is 0.654 bits per heavy atom. The number of esters is 1. The first kappa shape index (κ1) is 36.0. The number of phenols is 1. The highest BCUT2D eigenvalue weighted by atomic mass is 32.2. The second-order valence-corrected chi connectivity index (χ2v) is 17.4. The molecule has 0 radical (unpaired) electrons. The molecule has 0 aliphatic heterocycles. The van der Waals surface area contributed by atoms with Gasteiger partial charge in [0.25, 0.3) is 10.1 Å². The van der Waals surface area contributed by atoms with Crippen LogP contribution in [0.1, 0.15) is 103 Å². The summed E-state index contributed by atoms with van der Waals surface area (Å²) in [7, 11) is -3.70. The second-order valence-electron chi connectivity index (χ2n) is 14.0. The molecule has 2 aliphatic rings. The van der Waals surface area contributed by atoms with Crippen LogP contribution in [-0.4, -0.2) is 31.2 Å². The zero-order chi connectivity index (χ0) is 36.2. The molecule has 7 rings (SSSR count). The van der Waals surface area contributed by atoms with Crippen molar-refractivity contribution >= 4 is 27.0 Å². The number of benzene rings is 5. The zero-order valence-electron chi connectivity index (χ0n) is 29.4. The van der Waals surface area contributed by atoms with Gasteiger partial charge in [0.15, 0.2) is 14.7 Å². The molecule has 3 atom stereocenters. The Balaban J connectivity index is 1.37. The number of hydrogen-bond acceptors (Lipinski definition) is 5. The van der Waals surface area contributed by atoms with Crippen molar-refractivity contribution < 1.29 is 27.6 Å². The number of hydrogen-bond donors (Lipinski definition) is 2. The van der Waals surface area contributed by atoms with E-state index in [2.05, 4.69) is 42.5 Å². The van der Waals surface area contributed by atoms with Gasteiger partial charge in [-0.15, -0.1) is 0 Å². The summed E-state index contributed by atoms with van der Waals surface area (Å²) in [6.07, 6.45) is 8.57. The van der Waals surface area contributed by atoms with Gasteiger partial charge in [-0.2, -0.15) is 8.42 Å². The second kappa shape index (κ2) is 15.7. The molecule has 0 heterocycles. The summed E-state index contributed by atoms with van der Waals surface area (Å²) in [5.41, 5.74) is 4.74. The minimum absolute atomic E-state index is 0.0238. The van der Waals surface area contributed by atoms with Crippen molar-refractivity contribution in [3.63, 3.8) is 0 Å². The monoisotopic (exact) mass is 733 g/mol. The van der Waals surface area contributed by atoms with Crippen LogP contribution < -0.4 is 0 Å². The Morgan fingerprint density at radius 2 is 1.27 bits per heavy atom. The number of carbonyl (C=O) groups is 1. The highest BCUT2D eigenvalue weighted by Crippen LogP contribution is 2.50. The third kappa shape index (κ3) is 7.70. The summed E-state index contributed by atoms with van der Waals surface area (Å²) in [6, 6.07) is 37.7. The fraction of sp³-hybridized carbons (Fsp3) is 0.295. The SMILES string of the molecule is COC(=O)c1ccc(-c2cc(C3CCCCC3)c(S(=O)(=O)O)c(C3CCCCC3c3cccc([S+](c4ccccc4)c4cccc(O)c4)c3)c2)cc1. The minimum atomic E-state index is -4.57. The molecule has 2 aliphatic carbocycles. The van der Waals surface area contributed by atoms with Crippen LogP contribution in [0.5, 0.6) is 5.75 Å². The number of ether oxygens (including phenoxy) is 1. The fourth-order valence-electron chi connectivity index (χ4n) is 8.40. The predicted molar refractivity (Wildman–Crippen MR) is 206 cm³/mol. The molecule has 0 saturated heterocycles. The van der Waals surface area contributed by atoms with Crippen LogP contribution in [0.15, 0.2) is 135 Å². The molecule has 2 fully saturated rings. The standard InChI is InChI=1S/C44H44O6S2/c1-50-44(46)32-24-22-30(23-25-32)34-27-41(31-12-4-2-5-13-31)43(52(47,48)49)42(28-34)40-21-9-8-20-39(40)33-14-10-18-37(26-33)51(36-16-6-3-7-17-36)38-19-11-15-35(45)29-38/h3,6-7,10-11,14-19,22-29,31,39-40H,2,4-5,8-9,12-13,20-21H2,1H3,(H-,45,47,48,49)/p+1. The average Bonchev–Trinajstić information content (AvgIpc) is 3.18. The number of carbonyl (C=O) groups excluding carboxylic acids is 1. The Kier molecular flexibility index (Phi) is 10.9. The number of aromatic hydroxyl groups is 1. The lowest BCUT2D eigenvalue weighted by molar-refractivity contribution is 0.0600. The molecular formula is C44H45O6S2+. The van der Waals surface area contributed by atoms with Crippen LogP contribution in [0.2, 0.25) is 0 Å². The van der Waals surface area contributed by atoms with E-state index in [1.165, 1.54) is 7.11 Å². The van der Waals surface area contributed by atoms with Gasteiger partial charge in [0, 0.05) is 6.07 Å². The summed E-state index contributed by atoms with van der Waals surface area (Å²) in [6.45, 7) is 0. The molecule has 3 unspecified atom stereocenters. The van der Waals surface area contributed by atoms with Gasteiger partial charge in [0.2, 0.25) is 0 Å². The molecular weight excluding hydrogens is 689 g/mol. The van der Waals surface area contributed by atoms with Crippen molar-refractivity contribution in [2.45, 2.75) is 95.1 Å². The Labute approximate surface area is 310 Å². The largest absolute Gasteiger partial charge is 0.508 e. The van der Waals surface area contributed by atoms with Crippen LogP contribution in [0.25, 0.3) is 11.1 Å².